The van der Waals surface area contributed by atoms with E-state index in [1.54, 1.807) is 0 Å². The first-order valence-electron chi connectivity index (χ1n) is 13.0. The first kappa shape index (κ1) is 29.7. The maximum atomic E-state index is 6.75. The van der Waals surface area contributed by atoms with Gasteiger partial charge in [-0.1, -0.05) is 95.2 Å². The SMILES string of the molecule is CC(C)(C)c1cc(OP(Oc2cc(C(C)(C)C)cc(C(C)(C)C)c2)C(C)(C)C)cc(C(C)(C)C)c1. The molecule has 0 aliphatic carbocycles. The molecule has 0 amide bonds. The van der Waals surface area contributed by atoms with Crippen LogP contribution in [0.4, 0.5) is 0 Å². The zero-order valence-electron chi connectivity index (χ0n) is 25.2. The second-order valence-corrected chi connectivity index (χ2v) is 17.3. The molecule has 0 N–H and O–H groups in total. The van der Waals surface area contributed by atoms with Crippen LogP contribution in [-0.4, -0.2) is 5.16 Å². The molecule has 0 saturated heterocycles. The van der Waals surface area contributed by atoms with E-state index in [0.29, 0.717) is 0 Å². The van der Waals surface area contributed by atoms with Crippen molar-refractivity contribution in [3.63, 3.8) is 0 Å². The van der Waals surface area contributed by atoms with Gasteiger partial charge in [-0.2, -0.15) is 0 Å². The van der Waals surface area contributed by atoms with Gasteiger partial charge in [-0.15, -0.1) is 0 Å². The summed E-state index contributed by atoms with van der Waals surface area (Å²) >= 11 is 0. The smallest absolute Gasteiger partial charge is 0.296 e. The molecule has 0 saturated carbocycles. The normalized spacial score (nSPS) is 13.8. The summed E-state index contributed by atoms with van der Waals surface area (Å²) in [7, 11) is -1.25. The molecule has 3 heteroatoms. The Hall–Kier alpha value is -1.53. The molecule has 2 rings (SSSR count). The third kappa shape index (κ3) is 8.24. The third-order valence-corrected chi connectivity index (χ3v) is 8.05. The zero-order valence-corrected chi connectivity index (χ0v) is 26.1. The van der Waals surface area contributed by atoms with Crippen molar-refractivity contribution in [1.82, 2.24) is 0 Å². The molecule has 0 aliphatic heterocycles. The topological polar surface area (TPSA) is 18.5 Å². The summed E-state index contributed by atoms with van der Waals surface area (Å²) in [6.07, 6.45) is 0. The van der Waals surface area contributed by atoms with Crippen LogP contribution in [-0.2, 0) is 21.7 Å². The fraction of sp³-hybridized carbons (Fsp3) is 0.625. The van der Waals surface area contributed by atoms with Gasteiger partial charge < -0.3 is 9.05 Å². The summed E-state index contributed by atoms with van der Waals surface area (Å²) < 4.78 is 13.5. The van der Waals surface area contributed by atoms with Gasteiger partial charge in [0.2, 0.25) is 0 Å². The minimum atomic E-state index is -1.25. The number of benzene rings is 2. The van der Waals surface area contributed by atoms with Gasteiger partial charge in [0.25, 0.3) is 8.38 Å². The molecule has 2 aromatic carbocycles. The fourth-order valence-electron chi connectivity index (χ4n) is 3.52. The molecule has 0 heterocycles. The van der Waals surface area contributed by atoms with Crippen LogP contribution in [0.2, 0.25) is 0 Å². The van der Waals surface area contributed by atoms with E-state index >= 15 is 0 Å². The predicted octanol–water partition coefficient (Wildman–Crippen LogP) is 10.4. The van der Waals surface area contributed by atoms with Crippen molar-refractivity contribution in [1.29, 1.82) is 0 Å². The largest absolute Gasteiger partial charge is 0.438 e. The summed E-state index contributed by atoms with van der Waals surface area (Å²) in [6, 6.07) is 13.5. The highest BCUT2D eigenvalue weighted by molar-refractivity contribution is 7.49. The molecule has 0 unspecified atom stereocenters. The second-order valence-electron chi connectivity index (χ2n) is 15.1. The number of hydrogen-bond acceptors (Lipinski definition) is 2. The van der Waals surface area contributed by atoms with E-state index in [1.165, 1.54) is 22.3 Å². The van der Waals surface area contributed by atoms with Crippen LogP contribution in [0.15, 0.2) is 36.4 Å². The van der Waals surface area contributed by atoms with Crippen LogP contribution >= 0.6 is 8.38 Å². The molecular weight excluding hydrogens is 447 g/mol. The molecule has 2 nitrogen and oxygen atoms in total. The van der Waals surface area contributed by atoms with E-state index in [-0.39, 0.29) is 26.8 Å². The van der Waals surface area contributed by atoms with E-state index in [4.69, 9.17) is 9.05 Å². The van der Waals surface area contributed by atoms with Crippen molar-refractivity contribution < 1.29 is 9.05 Å². The van der Waals surface area contributed by atoms with Crippen molar-refractivity contribution in [2.24, 2.45) is 0 Å². The molecule has 2 aromatic rings. The average Bonchev–Trinajstić information content (AvgIpc) is 2.63. The summed E-state index contributed by atoms with van der Waals surface area (Å²) in [6.45, 7) is 33.7. The average molecular weight is 499 g/mol. The van der Waals surface area contributed by atoms with Gasteiger partial charge in [0.05, 0.1) is 5.16 Å². The van der Waals surface area contributed by atoms with E-state index in [2.05, 4.69) is 140 Å². The van der Waals surface area contributed by atoms with Gasteiger partial charge in [0.15, 0.2) is 0 Å². The Bertz CT molecular complexity index is 874. The molecule has 196 valence electrons. The highest BCUT2D eigenvalue weighted by atomic mass is 31.2. The molecule has 0 aliphatic rings. The Morgan fingerprint density at radius 2 is 0.629 bits per heavy atom. The first-order valence-corrected chi connectivity index (χ1v) is 14.1. The third-order valence-electron chi connectivity index (χ3n) is 6.20. The lowest BCUT2D eigenvalue weighted by Crippen LogP contribution is -2.21. The van der Waals surface area contributed by atoms with Gasteiger partial charge in [0, 0.05) is 0 Å². The van der Waals surface area contributed by atoms with Gasteiger partial charge in [-0.05, 0) is 89.0 Å². The highest BCUT2D eigenvalue weighted by Gasteiger charge is 2.33. The van der Waals surface area contributed by atoms with Crippen molar-refractivity contribution in [3.8, 4) is 11.5 Å². The van der Waals surface area contributed by atoms with E-state index in [0.717, 1.165) is 11.5 Å². The number of hydrogen-bond donors (Lipinski definition) is 0. The van der Waals surface area contributed by atoms with Crippen molar-refractivity contribution in [2.45, 2.75) is 131 Å². The van der Waals surface area contributed by atoms with Crippen LogP contribution in [0.5, 0.6) is 11.5 Å². The summed E-state index contributed by atoms with van der Waals surface area (Å²) in [5.74, 6) is 1.79. The molecule has 35 heavy (non-hydrogen) atoms. The molecule has 0 spiro atoms. The maximum Gasteiger partial charge on any atom is 0.296 e. The minimum absolute atomic E-state index is 0.0351. The molecular formula is C32H51O2P. The number of rotatable bonds is 4. The van der Waals surface area contributed by atoms with Gasteiger partial charge >= 0.3 is 0 Å². The first-order chi connectivity index (χ1) is 15.5. The van der Waals surface area contributed by atoms with Gasteiger partial charge in [0.1, 0.15) is 11.5 Å². The van der Waals surface area contributed by atoms with Crippen molar-refractivity contribution in [2.75, 3.05) is 0 Å². The molecule has 0 fully saturated rings. The molecule has 0 bridgehead atoms. The van der Waals surface area contributed by atoms with Crippen LogP contribution in [0.25, 0.3) is 0 Å². The van der Waals surface area contributed by atoms with Crippen LogP contribution < -0.4 is 9.05 Å². The molecule has 0 atom stereocenters. The summed E-state index contributed by atoms with van der Waals surface area (Å²) in [4.78, 5) is 0. The van der Waals surface area contributed by atoms with E-state index < -0.39 is 8.38 Å². The van der Waals surface area contributed by atoms with Crippen LogP contribution in [0.3, 0.4) is 0 Å². The Morgan fingerprint density at radius 3 is 0.800 bits per heavy atom. The highest BCUT2D eigenvalue weighted by Crippen LogP contribution is 2.52. The maximum absolute atomic E-state index is 6.75. The Balaban J connectivity index is 2.57. The Labute approximate surface area is 218 Å². The van der Waals surface area contributed by atoms with Gasteiger partial charge in [-0.3, -0.25) is 0 Å². The zero-order chi connectivity index (χ0) is 27.2. The Kier molecular flexibility index (Phi) is 8.26. The lowest BCUT2D eigenvalue weighted by Gasteiger charge is -2.32. The second kappa shape index (κ2) is 9.74. The monoisotopic (exact) mass is 498 g/mol. The fourth-order valence-corrected chi connectivity index (χ4v) is 4.70. The molecule has 0 radical (unpaired) electrons. The van der Waals surface area contributed by atoms with E-state index in [9.17, 15) is 0 Å². The summed E-state index contributed by atoms with van der Waals surface area (Å²) in [5, 5.41) is -0.158. The molecule has 0 aromatic heterocycles. The predicted molar refractivity (Wildman–Crippen MR) is 156 cm³/mol. The van der Waals surface area contributed by atoms with Crippen LogP contribution in [0, 0.1) is 0 Å². The van der Waals surface area contributed by atoms with Gasteiger partial charge in [-0.25, -0.2) is 0 Å². The van der Waals surface area contributed by atoms with Crippen LogP contribution in [0.1, 0.15) is 126 Å². The quantitative estimate of drug-likeness (QED) is 0.390. The summed E-state index contributed by atoms with van der Waals surface area (Å²) in [5.41, 5.74) is 5.28. The lowest BCUT2D eigenvalue weighted by atomic mass is 9.80. The lowest BCUT2D eigenvalue weighted by molar-refractivity contribution is 0.448. The van der Waals surface area contributed by atoms with Crippen molar-refractivity contribution >= 4 is 8.38 Å². The Morgan fingerprint density at radius 1 is 0.400 bits per heavy atom. The van der Waals surface area contributed by atoms with E-state index in [1.807, 2.05) is 0 Å². The van der Waals surface area contributed by atoms with Crippen molar-refractivity contribution in [3.05, 3.63) is 58.7 Å². The minimum Gasteiger partial charge on any atom is -0.438 e. The standard InChI is InChI=1S/C32H51O2P/c1-28(2,3)22-16-23(29(4,5)6)19-26(18-22)33-35(32(13,14)15)34-27-20-24(30(7,8)9)17-25(21-27)31(10,11)12/h16-21H,1-15H3.